The van der Waals surface area contributed by atoms with Crippen LogP contribution in [0.4, 0.5) is 34.1 Å². The van der Waals surface area contributed by atoms with Crippen LogP contribution in [0.5, 0.6) is 0 Å². The van der Waals surface area contributed by atoms with E-state index in [0.717, 1.165) is 62.3 Å². The van der Waals surface area contributed by atoms with Gasteiger partial charge in [-0.3, -0.25) is 14.8 Å². The van der Waals surface area contributed by atoms with E-state index < -0.39 is 8.80 Å². The lowest BCUT2D eigenvalue weighted by molar-refractivity contribution is -0.104. The predicted molar refractivity (Wildman–Crippen MR) is 244 cm³/mol. The van der Waals surface area contributed by atoms with Crippen LogP contribution in [0.25, 0.3) is 11.1 Å². The summed E-state index contributed by atoms with van der Waals surface area (Å²) in [7, 11) is 2.11. The first-order chi connectivity index (χ1) is 29.0. The van der Waals surface area contributed by atoms with E-state index in [1.165, 1.54) is 6.08 Å². The molecule has 6 aromatic carbocycles. The second kappa shape index (κ2) is 21.4. The second-order valence-corrected chi connectivity index (χ2v) is 17.5. The number of aliphatic imine (C=N–C) groups is 2. The number of hydrogen-bond donors (Lipinski definition) is 0. The van der Waals surface area contributed by atoms with E-state index in [0.29, 0.717) is 30.6 Å². The molecule has 0 heterocycles. The Bertz CT molecular complexity index is 2310. The third kappa shape index (κ3) is 11.2. The van der Waals surface area contributed by atoms with Crippen molar-refractivity contribution in [2.45, 2.75) is 6.04 Å². The molecule has 59 heavy (non-hydrogen) atoms. The van der Waals surface area contributed by atoms with Gasteiger partial charge in [-0.15, -0.1) is 0 Å². The Labute approximate surface area is 350 Å². The Morgan fingerprint density at radius 1 is 0.542 bits per heavy atom. The minimum atomic E-state index is -2.66. The lowest BCUT2D eigenvalue weighted by Crippen LogP contribution is -2.43. The number of rotatable bonds is 20. The maximum atomic E-state index is 10.9. The lowest BCUT2D eigenvalue weighted by Gasteiger charge is -2.26. The fourth-order valence-corrected chi connectivity index (χ4v) is 8.57. The van der Waals surface area contributed by atoms with E-state index in [2.05, 4.69) is 141 Å². The quantitative estimate of drug-likeness (QED) is 0.0328. The maximum Gasteiger partial charge on any atom is 0.502 e. The summed E-state index contributed by atoms with van der Waals surface area (Å²) in [4.78, 5) is 35.3. The summed E-state index contributed by atoms with van der Waals surface area (Å²) >= 11 is 0. The Balaban J connectivity index is 1.19. The maximum absolute atomic E-state index is 10.9. The molecule has 0 spiro atoms. The minimum Gasteiger partial charge on any atom is -0.377 e. The zero-order chi connectivity index (χ0) is 41.3. The Kier molecular flexibility index (Phi) is 15.3. The van der Waals surface area contributed by atoms with Crippen molar-refractivity contribution in [1.82, 2.24) is 0 Å². The molecule has 0 fully saturated rings. The van der Waals surface area contributed by atoms with Gasteiger partial charge in [-0.1, -0.05) is 90.1 Å². The van der Waals surface area contributed by atoms with Crippen LogP contribution >= 0.6 is 0 Å². The van der Waals surface area contributed by atoms with Crippen LogP contribution in [0.15, 0.2) is 179 Å². The summed E-state index contributed by atoms with van der Waals surface area (Å²) in [5.74, 6) is 0.809. The third-order valence-corrected chi connectivity index (χ3v) is 13.2. The number of allylic oxidation sites excluding steroid dienone is 1. The molecule has 0 aromatic heterocycles. The molecule has 11 heteroatoms. The molecule has 9 nitrogen and oxygen atoms in total. The smallest absolute Gasteiger partial charge is 0.377 e. The van der Waals surface area contributed by atoms with Crippen molar-refractivity contribution in [3.8, 4) is 11.1 Å². The lowest BCUT2D eigenvalue weighted by atomic mass is 10.0. The average molecular weight is 815 g/mol. The number of carbonyl (C=O) groups is 2. The Morgan fingerprint density at radius 2 is 0.932 bits per heavy atom. The highest BCUT2D eigenvalue weighted by Crippen LogP contribution is 2.38. The van der Waals surface area contributed by atoms with Crippen LogP contribution in [0.1, 0.15) is 11.1 Å². The van der Waals surface area contributed by atoms with E-state index in [1.54, 1.807) is 27.5 Å². The van der Waals surface area contributed by atoms with Gasteiger partial charge in [-0.2, -0.15) is 0 Å². The summed E-state index contributed by atoms with van der Waals surface area (Å²) < 4.78 is 16.5. The predicted octanol–water partition coefficient (Wildman–Crippen LogP) is 9.99. The van der Waals surface area contributed by atoms with Gasteiger partial charge in [0.2, 0.25) is 0 Å². The number of nitrogens with zero attached hydrogens (tertiary/aromatic N) is 4. The van der Waals surface area contributed by atoms with E-state index in [4.69, 9.17) is 13.3 Å². The van der Waals surface area contributed by atoms with Crippen molar-refractivity contribution < 1.29 is 22.9 Å². The number of anilines is 6. The van der Waals surface area contributed by atoms with E-state index >= 15 is 0 Å². The number of hydrogen-bond acceptors (Lipinski definition) is 9. The first-order valence-corrected chi connectivity index (χ1v) is 22.1. The largest absolute Gasteiger partial charge is 0.502 e. The highest BCUT2D eigenvalue weighted by Gasteiger charge is 2.36. The standard InChI is InChI=1S/C48H46N4O5Si2/c1-55-59(56-2,57-3)33-31-49-34-38-14-22-44(23-15-38)51(42-10-6-4-7-11-42)46-26-18-40(19-27-46)41-20-28-47(29-21-41)52(43-12-8-5-9-13-43)45-24-16-39(17-25-45)35-50-36-48(30-32-53)58-37-54/h4-30,32,34-35,37H,31,33,36H2,1-3H3/b48-30-,49-34?,50-35?. The molecule has 0 bridgehead atoms. The average Bonchev–Trinajstić information content (AvgIpc) is 3.29. The molecule has 6 aromatic rings. The number of benzene rings is 6. The first-order valence-electron chi connectivity index (χ1n) is 19.1. The van der Waals surface area contributed by atoms with Crippen molar-refractivity contribution in [1.29, 1.82) is 0 Å². The normalized spacial score (nSPS) is 11.9. The van der Waals surface area contributed by atoms with Gasteiger partial charge in [-0.25, -0.2) is 0 Å². The van der Waals surface area contributed by atoms with Crippen molar-refractivity contribution in [3.63, 3.8) is 0 Å². The van der Waals surface area contributed by atoms with Crippen LogP contribution in [-0.4, -0.2) is 77.4 Å². The Morgan fingerprint density at radius 3 is 1.32 bits per heavy atom. The van der Waals surface area contributed by atoms with Gasteiger partial charge in [0, 0.05) is 80.5 Å². The molecule has 0 N–H and O–H groups in total. The molecule has 0 atom stereocenters. The van der Waals surface area contributed by atoms with Gasteiger partial charge in [0.25, 0.3) is 0 Å². The molecule has 0 saturated carbocycles. The Hall–Kier alpha value is -6.35. The van der Waals surface area contributed by atoms with Gasteiger partial charge in [0.15, 0.2) is 9.52 Å². The van der Waals surface area contributed by atoms with Gasteiger partial charge in [0.1, 0.15) is 12.2 Å². The summed E-state index contributed by atoms with van der Waals surface area (Å²) in [6.45, 7) is 0.852. The second-order valence-electron chi connectivity index (χ2n) is 13.3. The zero-order valence-corrected chi connectivity index (χ0v) is 35.3. The summed E-state index contributed by atoms with van der Waals surface area (Å²) in [5, 5.41) is 0.703. The molecule has 0 aliphatic carbocycles. The first kappa shape index (κ1) is 42.3. The molecule has 0 unspecified atom stereocenters. The number of para-hydroxylation sites is 2. The molecular formula is C48H46N4O5Si2. The summed E-state index contributed by atoms with van der Waals surface area (Å²) in [6.07, 6.45) is 5.74. The van der Waals surface area contributed by atoms with Gasteiger partial charge < -0.3 is 27.9 Å². The van der Waals surface area contributed by atoms with E-state index in [9.17, 15) is 9.59 Å². The SMILES string of the molecule is CO[Si](CCN=Cc1ccc(N(c2ccccc2)c2ccc(-c3ccc(N(c4ccccc4)c4ccc(C=NC/C(=C/C=O)[Si]C=O)cc4)cc3)cc2)cc1)(OC)OC. The molecular weight excluding hydrogens is 769 g/mol. The van der Waals surface area contributed by atoms with Crippen LogP contribution < -0.4 is 9.80 Å². The van der Waals surface area contributed by atoms with Gasteiger partial charge >= 0.3 is 8.80 Å². The molecule has 296 valence electrons. The van der Waals surface area contributed by atoms with Crippen molar-refractivity contribution in [3.05, 3.63) is 180 Å². The van der Waals surface area contributed by atoms with Crippen LogP contribution in [0.3, 0.4) is 0 Å². The fourth-order valence-electron chi connectivity index (χ4n) is 6.55. The van der Waals surface area contributed by atoms with Crippen LogP contribution in [0.2, 0.25) is 6.04 Å². The zero-order valence-electron chi connectivity index (χ0n) is 33.3. The minimum absolute atomic E-state index is 0.0658. The van der Waals surface area contributed by atoms with Crippen molar-refractivity contribution in [2.75, 3.05) is 44.2 Å². The highest BCUT2D eigenvalue weighted by molar-refractivity contribution is 6.73. The van der Waals surface area contributed by atoms with Gasteiger partial charge in [-0.05, 0) is 101 Å². The highest BCUT2D eigenvalue weighted by atomic mass is 28.4. The molecule has 0 amide bonds. The van der Waals surface area contributed by atoms with E-state index in [1.807, 2.05) is 42.6 Å². The van der Waals surface area contributed by atoms with E-state index in [-0.39, 0.29) is 9.52 Å². The van der Waals surface area contributed by atoms with Gasteiger partial charge in [0.05, 0.1) is 6.54 Å². The van der Waals surface area contributed by atoms with Crippen LogP contribution in [0, 0.1) is 0 Å². The third-order valence-electron chi connectivity index (χ3n) is 9.65. The molecule has 2 radical (unpaired) electrons. The molecule has 6 rings (SSSR count). The fraction of sp³-hybridized carbons (Fsp3) is 0.125. The molecule has 0 saturated heterocycles. The molecule has 0 aliphatic rings. The summed E-state index contributed by atoms with van der Waals surface area (Å²) in [5.41, 5.74) is 10.3. The number of aldehydes is 1. The molecule has 0 aliphatic heterocycles. The van der Waals surface area contributed by atoms with Crippen molar-refractivity contribution in [2.24, 2.45) is 9.98 Å². The summed E-state index contributed by atoms with van der Waals surface area (Å²) in [6, 6.07) is 55.0. The monoisotopic (exact) mass is 814 g/mol. The topological polar surface area (TPSA) is 93.0 Å². The van der Waals surface area contributed by atoms with Crippen LogP contribution in [-0.2, 0) is 22.9 Å². The number of carbonyl (C=O) groups excluding carboxylic acids is 2. The van der Waals surface area contributed by atoms with Crippen molar-refractivity contribution >= 4 is 77.1 Å².